The number of aromatic nitrogens is 1. The summed E-state index contributed by atoms with van der Waals surface area (Å²) in [4.78, 5) is 18.4. The average Bonchev–Trinajstić information content (AvgIpc) is 2.72. The Morgan fingerprint density at radius 3 is 2.47 bits per heavy atom. The normalized spacial score (nSPS) is 10.5. The zero-order chi connectivity index (χ0) is 14.0. The Kier molecular flexibility index (Phi) is 4.76. The van der Waals surface area contributed by atoms with Gasteiger partial charge < -0.3 is 4.90 Å². The van der Waals surface area contributed by atoms with E-state index < -0.39 is 0 Å². The Morgan fingerprint density at radius 1 is 1.32 bits per heavy atom. The van der Waals surface area contributed by atoms with Crippen molar-refractivity contribution in [3.63, 3.8) is 0 Å². The number of nitrogens with zero attached hydrogens (tertiary/aromatic N) is 2. The summed E-state index contributed by atoms with van der Waals surface area (Å²) in [6.45, 7) is 2.48. The second-order valence-electron chi connectivity index (χ2n) is 4.18. The second kappa shape index (κ2) is 6.15. The molecule has 3 nitrogen and oxygen atoms in total. The maximum absolute atomic E-state index is 12.3. The molecule has 2 aromatic rings. The summed E-state index contributed by atoms with van der Waals surface area (Å²) in [5, 5.41) is 3.00. The standard InChI is InChI=1S/C13H12Br2N2OS/c1-8-16-12(7-19-8)6-17(2)13(18)9-3-10(14)5-11(15)4-9/h3-5,7H,6H2,1-2H3. The van der Waals surface area contributed by atoms with Crippen molar-refractivity contribution in [3.8, 4) is 0 Å². The number of carbonyl (C=O) groups is 1. The van der Waals surface area contributed by atoms with Gasteiger partial charge in [-0.25, -0.2) is 4.98 Å². The molecule has 1 aromatic carbocycles. The Hall–Kier alpha value is -0.720. The number of hydrogen-bond donors (Lipinski definition) is 0. The first kappa shape index (κ1) is 14.7. The fourth-order valence-corrected chi connectivity index (χ4v) is 3.59. The van der Waals surface area contributed by atoms with Gasteiger partial charge in [0.15, 0.2) is 0 Å². The molecule has 100 valence electrons. The van der Waals surface area contributed by atoms with Crippen molar-refractivity contribution >= 4 is 49.1 Å². The molecule has 1 amide bonds. The molecule has 0 aliphatic carbocycles. The third-order valence-corrected chi connectivity index (χ3v) is 4.26. The van der Waals surface area contributed by atoms with E-state index in [4.69, 9.17) is 0 Å². The molecule has 0 radical (unpaired) electrons. The minimum absolute atomic E-state index is 0.0207. The predicted octanol–water partition coefficient (Wildman–Crippen LogP) is 4.25. The molecular weight excluding hydrogens is 392 g/mol. The molecule has 0 aliphatic heterocycles. The van der Waals surface area contributed by atoms with E-state index in [1.54, 1.807) is 23.3 Å². The van der Waals surface area contributed by atoms with Crippen LogP contribution in [0, 0.1) is 6.92 Å². The third-order valence-electron chi connectivity index (χ3n) is 2.52. The highest BCUT2D eigenvalue weighted by molar-refractivity contribution is 9.11. The number of hydrogen-bond acceptors (Lipinski definition) is 3. The summed E-state index contributed by atoms with van der Waals surface area (Å²) in [5.41, 5.74) is 1.57. The number of benzene rings is 1. The largest absolute Gasteiger partial charge is 0.336 e. The van der Waals surface area contributed by atoms with Crippen molar-refractivity contribution in [1.29, 1.82) is 0 Å². The van der Waals surface area contributed by atoms with Crippen molar-refractivity contribution in [2.75, 3.05) is 7.05 Å². The van der Waals surface area contributed by atoms with Gasteiger partial charge in [0, 0.05) is 26.9 Å². The summed E-state index contributed by atoms with van der Waals surface area (Å²) in [7, 11) is 1.78. The van der Waals surface area contributed by atoms with Crippen molar-refractivity contribution in [2.24, 2.45) is 0 Å². The summed E-state index contributed by atoms with van der Waals surface area (Å²) in [6.07, 6.45) is 0. The fourth-order valence-electron chi connectivity index (χ4n) is 1.69. The van der Waals surface area contributed by atoms with Crippen LogP contribution in [0.2, 0.25) is 0 Å². The first-order valence-electron chi connectivity index (χ1n) is 5.58. The van der Waals surface area contributed by atoms with Crippen LogP contribution in [-0.4, -0.2) is 22.8 Å². The van der Waals surface area contributed by atoms with Crippen LogP contribution in [-0.2, 0) is 6.54 Å². The van der Waals surface area contributed by atoms with E-state index >= 15 is 0 Å². The van der Waals surface area contributed by atoms with Gasteiger partial charge in [-0.2, -0.15) is 0 Å². The minimum atomic E-state index is -0.0207. The van der Waals surface area contributed by atoms with Gasteiger partial charge in [-0.1, -0.05) is 31.9 Å². The maximum atomic E-state index is 12.3. The maximum Gasteiger partial charge on any atom is 0.254 e. The molecule has 0 unspecified atom stereocenters. The lowest BCUT2D eigenvalue weighted by Gasteiger charge is -2.16. The number of amides is 1. The molecule has 1 heterocycles. The Balaban J connectivity index is 2.14. The molecule has 0 atom stereocenters. The van der Waals surface area contributed by atoms with E-state index in [1.165, 1.54) is 0 Å². The van der Waals surface area contributed by atoms with Gasteiger partial charge in [-0.3, -0.25) is 4.79 Å². The highest BCUT2D eigenvalue weighted by atomic mass is 79.9. The van der Waals surface area contributed by atoms with Crippen LogP contribution in [0.3, 0.4) is 0 Å². The summed E-state index contributed by atoms with van der Waals surface area (Å²) < 4.78 is 1.76. The molecule has 0 saturated heterocycles. The van der Waals surface area contributed by atoms with Gasteiger partial charge in [-0.15, -0.1) is 11.3 Å². The van der Waals surface area contributed by atoms with Crippen LogP contribution >= 0.6 is 43.2 Å². The molecule has 0 saturated carbocycles. The minimum Gasteiger partial charge on any atom is -0.336 e. The summed E-state index contributed by atoms with van der Waals surface area (Å²) >= 11 is 8.37. The molecule has 0 aliphatic rings. The quantitative estimate of drug-likeness (QED) is 0.767. The number of carbonyl (C=O) groups excluding carboxylic acids is 1. The van der Waals surface area contributed by atoms with E-state index in [-0.39, 0.29) is 5.91 Å². The molecule has 1 aromatic heterocycles. The lowest BCUT2D eigenvalue weighted by Crippen LogP contribution is -2.26. The number of rotatable bonds is 3. The number of thiazole rings is 1. The van der Waals surface area contributed by atoms with E-state index in [0.29, 0.717) is 12.1 Å². The molecule has 6 heteroatoms. The Labute approximate surface area is 132 Å². The second-order valence-corrected chi connectivity index (χ2v) is 7.07. The Bertz CT molecular complexity index is 592. The smallest absolute Gasteiger partial charge is 0.254 e. The highest BCUT2D eigenvalue weighted by Crippen LogP contribution is 2.21. The lowest BCUT2D eigenvalue weighted by atomic mass is 10.2. The van der Waals surface area contributed by atoms with E-state index in [1.807, 2.05) is 30.5 Å². The average molecular weight is 404 g/mol. The predicted molar refractivity (Wildman–Crippen MR) is 84.5 cm³/mol. The molecule has 0 fully saturated rings. The van der Waals surface area contributed by atoms with Crippen LogP contribution in [0.25, 0.3) is 0 Å². The van der Waals surface area contributed by atoms with Gasteiger partial charge >= 0.3 is 0 Å². The summed E-state index contributed by atoms with van der Waals surface area (Å²) in [5.74, 6) is -0.0207. The zero-order valence-electron chi connectivity index (χ0n) is 10.5. The summed E-state index contributed by atoms with van der Waals surface area (Å²) in [6, 6.07) is 5.53. The van der Waals surface area contributed by atoms with Gasteiger partial charge in [0.05, 0.1) is 17.2 Å². The third kappa shape index (κ3) is 3.87. The van der Waals surface area contributed by atoms with Crippen molar-refractivity contribution in [3.05, 3.63) is 48.8 Å². The first-order chi connectivity index (χ1) is 8.95. The highest BCUT2D eigenvalue weighted by Gasteiger charge is 2.14. The first-order valence-corrected chi connectivity index (χ1v) is 8.05. The zero-order valence-corrected chi connectivity index (χ0v) is 14.5. The number of aryl methyl sites for hydroxylation is 1. The molecule has 19 heavy (non-hydrogen) atoms. The van der Waals surface area contributed by atoms with Gasteiger partial charge in [0.1, 0.15) is 0 Å². The van der Waals surface area contributed by atoms with E-state index in [0.717, 1.165) is 19.6 Å². The van der Waals surface area contributed by atoms with Crippen LogP contribution in [0.4, 0.5) is 0 Å². The lowest BCUT2D eigenvalue weighted by molar-refractivity contribution is 0.0783. The van der Waals surface area contributed by atoms with E-state index in [2.05, 4.69) is 36.8 Å². The monoisotopic (exact) mass is 402 g/mol. The molecular formula is C13H12Br2N2OS. The fraction of sp³-hybridized carbons (Fsp3) is 0.231. The van der Waals surface area contributed by atoms with Crippen LogP contribution in [0.5, 0.6) is 0 Å². The molecule has 0 N–H and O–H groups in total. The SMILES string of the molecule is Cc1nc(CN(C)C(=O)c2cc(Br)cc(Br)c2)cs1. The van der Waals surface area contributed by atoms with Crippen LogP contribution in [0.15, 0.2) is 32.5 Å². The van der Waals surface area contributed by atoms with Crippen molar-refractivity contribution in [2.45, 2.75) is 13.5 Å². The number of halogens is 2. The van der Waals surface area contributed by atoms with Crippen LogP contribution in [0.1, 0.15) is 21.1 Å². The Morgan fingerprint density at radius 2 is 1.95 bits per heavy atom. The van der Waals surface area contributed by atoms with Crippen molar-refractivity contribution < 1.29 is 4.79 Å². The topological polar surface area (TPSA) is 33.2 Å². The molecule has 0 spiro atoms. The van der Waals surface area contributed by atoms with E-state index in [9.17, 15) is 4.79 Å². The van der Waals surface area contributed by atoms with Gasteiger partial charge in [0.25, 0.3) is 5.91 Å². The van der Waals surface area contributed by atoms with Gasteiger partial charge in [0.2, 0.25) is 0 Å². The van der Waals surface area contributed by atoms with Gasteiger partial charge in [-0.05, 0) is 25.1 Å². The van der Waals surface area contributed by atoms with Crippen molar-refractivity contribution in [1.82, 2.24) is 9.88 Å². The van der Waals surface area contributed by atoms with Crippen LogP contribution < -0.4 is 0 Å². The molecule has 0 bridgehead atoms. The molecule has 2 rings (SSSR count).